The molecule has 3 heterocycles. The molecule has 0 aromatic rings. The van der Waals surface area contributed by atoms with Crippen LogP contribution in [0.1, 0.15) is 99.0 Å². The van der Waals surface area contributed by atoms with E-state index >= 15 is 0 Å². The van der Waals surface area contributed by atoms with E-state index in [-0.39, 0.29) is 31.5 Å². The van der Waals surface area contributed by atoms with Gasteiger partial charge in [0.15, 0.2) is 12.6 Å². The highest BCUT2D eigenvalue weighted by Crippen LogP contribution is 2.42. The number of Topliss-reactive ketones (excluding diaryl/α,β-unsaturated/α-hetero) is 1. The Morgan fingerprint density at radius 2 is 1.49 bits per heavy atom. The zero-order valence-corrected chi connectivity index (χ0v) is 34.4. The molecule has 3 rings (SSSR count). The van der Waals surface area contributed by atoms with Gasteiger partial charge >= 0.3 is 5.97 Å². The minimum atomic E-state index is -2.52. The van der Waals surface area contributed by atoms with Gasteiger partial charge in [0.1, 0.15) is 29.7 Å². The van der Waals surface area contributed by atoms with Crippen molar-refractivity contribution >= 4 is 11.8 Å². The van der Waals surface area contributed by atoms with Crippen molar-refractivity contribution in [2.45, 2.75) is 179 Å². The van der Waals surface area contributed by atoms with Gasteiger partial charge in [0.2, 0.25) is 0 Å². The van der Waals surface area contributed by atoms with Crippen molar-refractivity contribution in [3.8, 4) is 0 Å². The molecule has 0 saturated carbocycles. The summed E-state index contributed by atoms with van der Waals surface area (Å²) in [5, 5.41) is 34.5. The average Bonchev–Trinajstić information content (AvgIpc) is 3.14. The Bertz CT molecular complexity index is 1310. The predicted octanol–water partition coefficient (Wildman–Crippen LogP) is 3.09. The Labute approximate surface area is 321 Å². The van der Waals surface area contributed by atoms with Gasteiger partial charge in [-0.1, -0.05) is 27.7 Å². The summed E-state index contributed by atoms with van der Waals surface area (Å²) >= 11 is 0. The third kappa shape index (κ3) is 9.64. The van der Waals surface area contributed by atoms with E-state index in [1.807, 2.05) is 0 Å². The molecule has 3 aliphatic rings. The van der Waals surface area contributed by atoms with Gasteiger partial charge in [0.05, 0.1) is 47.6 Å². The minimum absolute atomic E-state index is 0.0583. The lowest BCUT2D eigenvalue weighted by Crippen LogP contribution is -2.61. The molecule has 310 valence electrons. The molecule has 3 aliphatic heterocycles. The number of hydrogen-bond donors (Lipinski definition) is 3. The molecule has 3 fully saturated rings. The molecule has 53 heavy (non-hydrogen) atoms. The van der Waals surface area contributed by atoms with E-state index in [0.29, 0.717) is 0 Å². The first kappa shape index (κ1) is 41.3. The highest BCUT2D eigenvalue weighted by Gasteiger charge is 2.54. The molecule has 14 nitrogen and oxygen atoms in total. The standard InChI is InChI=1S/C39H71NO13/c1-16-27-39(10,48-15)32(43)22(4)29(41)20(2)18-38(9,47-14)34(53-36-30(42)26(40(11)12)17-21(3)49-36)23(5)31(24(6)35(45)51-27)52-28-19-37(8,46-13)33(44)25(7)50-28/h20-28,30-34,36,42-44H,16-19H2,1-15H3/t20-,21?,22+,23+,24-,25?,26?,27-,28?,30?,31+,32-,33?,34-,36?,37?,38-,39-/m1/s1/i11D3. The molecule has 14 heteroatoms. The van der Waals surface area contributed by atoms with Crippen molar-refractivity contribution in [1.82, 2.24) is 4.90 Å². The number of rotatable bonds is 9. The molecule has 0 bridgehead atoms. The van der Waals surface area contributed by atoms with Crippen LogP contribution in [0.5, 0.6) is 0 Å². The molecule has 0 aromatic heterocycles. The molecule has 0 amide bonds. The fourth-order valence-corrected chi connectivity index (χ4v) is 8.69. The van der Waals surface area contributed by atoms with E-state index in [9.17, 15) is 24.9 Å². The SMILES string of the molecule is [2H]C([2H])([2H])N(C)C1CC(C)OC(O[C@@H]2[C@@H](C)[C@H](OC3CC(C)(OC)C(O)C(C)O3)[C@@H](C)C(=O)O[C@H](CC)[C@@](C)(OC)[C@H](O)[C@@H](C)C(=O)[C@H](C)C[C@@]2(C)OC)C1O. The third-order valence-corrected chi connectivity index (χ3v) is 12.5. The van der Waals surface area contributed by atoms with Gasteiger partial charge in [-0.2, -0.15) is 0 Å². The van der Waals surface area contributed by atoms with Crippen molar-refractivity contribution in [2.24, 2.45) is 23.7 Å². The van der Waals surface area contributed by atoms with Crippen LogP contribution in [0.15, 0.2) is 0 Å². The first-order valence-corrected chi connectivity index (χ1v) is 19.0. The summed E-state index contributed by atoms with van der Waals surface area (Å²) in [4.78, 5) is 29.7. The molecule has 3 saturated heterocycles. The maximum Gasteiger partial charge on any atom is 0.311 e. The molecule has 0 spiro atoms. The van der Waals surface area contributed by atoms with E-state index in [2.05, 4.69) is 0 Å². The number of hydrogen-bond acceptors (Lipinski definition) is 14. The third-order valence-electron chi connectivity index (χ3n) is 12.5. The lowest BCUT2D eigenvalue weighted by molar-refractivity contribution is -0.319. The van der Waals surface area contributed by atoms with Crippen LogP contribution in [0, 0.1) is 23.7 Å². The second kappa shape index (κ2) is 18.3. The topological polar surface area (TPSA) is 172 Å². The van der Waals surface area contributed by atoms with Crippen molar-refractivity contribution in [3.05, 3.63) is 0 Å². The van der Waals surface area contributed by atoms with Crippen molar-refractivity contribution in [1.29, 1.82) is 0 Å². The Hall–Kier alpha value is -1.30. The first-order chi connectivity index (χ1) is 25.8. The smallest absolute Gasteiger partial charge is 0.311 e. The highest BCUT2D eigenvalue weighted by molar-refractivity contribution is 5.83. The maximum atomic E-state index is 14.4. The van der Waals surface area contributed by atoms with Gasteiger partial charge in [-0.3, -0.25) is 9.59 Å². The number of nitrogens with zero attached hydrogens (tertiary/aromatic N) is 1. The van der Waals surface area contributed by atoms with Crippen LogP contribution in [0.2, 0.25) is 0 Å². The Kier molecular flexibility index (Phi) is 14.3. The number of esters is 1. The lowest BCUT2D eigenvalue weighted by Gasteiger charge is -2.50. The van der Waals surface area contributed by atoms with Crippen LogP contribution >= 0.6 is 0 Å². The number of ether oxygens (including phenoxy) is 8. The summed E-state index contributed by atoms with van der Waals surface area (Å²) in [6, 6.07) is -0.876. The van der Waals surface area contributed by atoms with Crippen LogP contribution in [-0.4, -0.2) is 152 Å². The van der Waals surface area contributed by atoms with Crippen LogP contribution in [0.4, 0.5) is 0 Å². The summed E-state index contributed by atoms with van der Waals surface area (Å²) in [5.74, 6) is -4.49. The second-order valence-corrected chi connectivity index (χ2v) is 16.4. The lowest BCUT2D eigenvalue weighted by atomic mass is 9.73. The second-order valence-electron chi connectivity index (χ2n) is 16.4. The number of carbonyl (C=O) groups excluding carboxylic acids is 2. The van der Waals surface area contributed by atoms with Gasteiger partial charge < -0.3 is 58.1 Å². The molecule has 3 N–H and O–H groups in total. The van der Waals surface area contributed by atoms with Gasteiger partial charge in [0.25, 0.3) is 0 Å². The van der Waals surface area contributed by atoms with Crippen molar-refractivity contribution < 1.29 is 66.9 Å². The number of ketones is 1. The normalized spacial score (nSPS) is 49.4. The molecule has 0 aromatic carbocycles. The molecule has 8 unspecified atom stereocenters. The number of likely N-dealkylation sites (N-methyl/N-ethyl adjacent to an activating group) is 1. The van der Waals surface area contributed by atoms with Crippen LogP contribution < -0.4 is 0 Å². The minimum Gasteiger partial charge on any atom is -0.459 e. The zero-order valence-electron chi connectivity index (χ0n) is 37.4. The Morgan fingerprint density at radius 1 is 0.868 bits per heavy atom. The van der Waals surface area contributed by atoms with E-state index in [4.69, 9.17) is 42.0 Å². The van der Waals surface area contributed by atoms with E-state index in [1.165, 1.54) is 28.4 Å². The summed E-state index contributed by atoms with van der Waals surface area (Å²) < 4.78 is 74.0. The van der Waals surface area contributed by atoms with Crippen LogP contribution in [-0.2, 0) is 47.5 Å². The van der Waals surface area contributed by atoms with Gasteiger partial charge in [-0.05, 0) is 74.8 Å². The molecule has 0 radical (unpaired) electrons. The van der Waals surface area contributed by atoms with Crippen LogP contribution in [0.3, 0.4) is 0 Å². The Balaban J connectivity index is 2.26. The van der Waals surface area contributed by atoms with Crippen LogP contribution in [0.25, 0.3) is 0 Å². The van der Waals surface area contributed by atoms with Gasteiger partial charge in [-0.25, -0.2) is 0 Å². The summed E-state index contributed by atoms with van der Waals surface area (Å²) in [6.45, 7) is 14.6. The maximum absolute atomic E-state index is 14.4. The number of carbonyl (C=O) groups is 2. The fraction of sp³-hybridized carbons (Fsp3) is 0.949. The Morgan fingerprint density at radius 3 is 2.04 bits per heavy atom. The van der Waals surface area contributed by atoms with Gasteiger partial charge in [0, 0.05) is 55.7 Å². The summed E-state index contributed by atoms with van der Waals surface area (Å²) in [6.07, 6.45) is -9.93. The number of methoxy groups -OCH3 is 3. The fourth-order valence-electron chi connectivity index (χ4n) is 8.69. The first-order valence-electron chi connectivity index (χ1n) is 20.5. The summed E-state index contributed by atoms with van der Waals surface area (Å²) in [5.41, 5.74) is -3.88. The number of aliphatic hydroxyl groups is 3. The highest BCUT2D eigenvalue weighted by atomic mass is 16.7. The van der Waals surface area contributed by atoms with Crippen molar-refractivity contribution in [3.63, 3.8) is 0 Å². The van der Waals surface area contributed by atoms with E-state index in [1.54, 1.807) is 69.2 Å². The predicted molar refractivity (Wildman–Crippen MR) is 196 cm³/mol. The average molecular weight is 765 g/mol. The largest absolute Gasteiger partial charge is 0.459 e. The van der Waals surface area contributed by atoms with Crippen molar-refractivity contribution in [2.75, 3.05) is 35.4 Å². The van der Waals surface area contributed by atoms with E-state index in [0.717, 1.165) is 4.90 Å². The van der Waals surface area contributed by atoms with E-state index < -0.39 is 121 Å². The molecular weight excluding hydrogens is 690 g/mol. The molecular formula is C39H71NO13. The molecule has 18 atom stereocenters. The summed E-state index contributed by atoms with van der Waals surface area (Å²) in [7, 11) is 5.76. The zero-order chi connectivity index (χ0) is 42.9. The number of aliphatic hydroxyl groups excluding tert-OH is 3. The number of cyclic esters (lactones) is 1. The molecule has 0 aliphatic carbocycles. The quantitative estimate of drug-likeness (QED) is 0.293. The van der Waals surface area contributed by atoms with Gasteiger partial charge in [-0.15, -0.1) is 0 Å². The monoisotopic (exact) mass is 765 g/mol.